The van der Waals surface area contributed by atoms with E-state index in [0.29, 0.717) is 17.0 Å². The van der Waals surface area contributed by atoms with Crippen LogP contribution in [-0.2, 0) is 0 Å². The average molecular weight is 321 g/mol. The molecule has 22 heavy (non-hydrogen) atoms. The Kier molecular flexibility index (Phi) is 5.59. The number of nitrogens with zero attached hydrogens (tertiary/aromatic N) is 1. The maximum absolute atomic E-state index is 13.2. The van der Waals surface area contributed by atoms with Crippen molar-refractivity contribution in [3.8, 4) is 11.8 Å². The molecule has 114 valence electrons. The highest BCUT2D eigenvalue weighted by atomic mass is 35.5. The van der Waals surface area contributed by atoms with Gasteiger partial charge in [0.05, 0.1) is 17.7 Å². The molecule has 0 radical (unpaired) electrons. The molecule has 0 fully saturated rings. The molecular weight excluding hydrogens is 307 g/mol. The Bertz CT molecular complexity index is 688. The lowest BCUT2D eigenvalue weighted by Gasteiger charge is -2.15. The van der Waals surface area contributed by atoms with Gasteiger partial charge in [-0.05, 0) is 35.9 Å². The van der Waals surface area contributed by atoms with Crippen molar-refractivity contribution < 1.29 is 14.2 Å². The van der Waals surface area contributed by atoms with Crippen LogP contribution in [0.15, 0.2) is 42.5 Å². The quantitative estimate of drug-likeness (QED) is 0.854. The lowest BCUT2D eigenvalue weighted by atomic mass is 10.1. The third kappa shape index (κ3) is 4.10. The Morgan fingerprint density at radius 2 is 2.14 bits per heavy atom. The molecule has 0 heterocycles. The van der Waals surface area contributed by atoms with Gasteiger partial charge >= 0.3 is 0 Å². The predicted octanol–water partition coefficient (Wildman–Crippen LogP) is 3.53. The molecule has 6 heteroatoms. The van der Waals surface area contributed by atoms with E-state index >= 15 is 0 Å². The van der Waals surface area contributed by atoms with E-state index in [-0.39, 0.29) is 18.2 Å². The molecule has 0 aromatic heterocycles. The van der Waals surface area contributed by atoms with Gasteiger partial charge in [-0.3, -0.25) is 0 Å². The van der Waals surface area contributed by atoms with E-state index in [1.165, 1.54) is 18.2 Å². The molecular formula is C16H14ClFN2O2. The number of rotatable bonds is 6. The molecule has 4 nitrogen and oxygen atoms in total. The lowest BCUT2D eigenvalue weighted by molar-refractivity contribution is 0.201. The van der Waals surface area contributed by atoms with Crippen LogP contribution in [0.5, 0.6) is 5.75 Å². The number of aliphatic hydroxyl groups excluding tert-OH is 1. The summed E-state index contributed by atoms with van der Waals surface area (Å²) < 4.78 is 18.5. The maximum atomic E-state index is 13.2. The minimum Gasteiger partial charge on any atom is -0.491 e. The molecule has 0 amide bonds. The first-order chi connectivity index (χ1) is 10.6. The van der Waals surface area contributed by atoms with Gasteiger partial charge in [-0.1, -0.05) is 23.7 Å². The van der Waals surface area contributed by atoms with Gasteiger partial charge in [0, 0.05) is 5.69 Å². The van der Waals surface area contributed by atoms with Crippen molar-refractivity contribution in [3.05, 3.63) is 58.9 Å². The third-order valence-corrected chi connectivity index (χ3v) is 3.20. The number of hydrogen-bond acceptors (Lipinski definition) is 4. The van der Waals surface area contributed by atoms with E-state index in [4.69, 9.17) is 21.4 Å². The molecule has 2 N–H and O–H groups in total. The molecule has 2 aromatic carbocycles. The van der Waals surface area contributed by atoms with Crippen molar-refractivity contribution in [2.75, 3.05) is 18.5 Å². The number of hydrogen-bond donors (Lipinski definition) is 2. The highest BCUT2D eigenvalue weighted by Crippen LogP contribution is 2.25. The molecule has 0 spiro atoms. The minimum atomic E-state index is -0.640. The summed E-state index contributed by atoms with van der Waals surface area (Å²) in [7, 11) is 0. The van der Waals surface area contributed by atoms with Crippen LogP contribution in [-0.4, -0.2) is 18.3 Å². The van der Waals surface area contributed by atoms with Crippen LogP contribution in [0.4, 0.5) is 10.1 Å². The molecule has 2 aromatic rings. The molecule has 0 saturated heterocycles. The summed E-state index contributed by atoms with van der Waals surface area (Å²) in [5.74, 6) is 0.0471. The Morgan fingerprint density at radius 1 is 1.32 bits per heavy atom. The Morgan fingerprint density at radius 3 is 2.82 bits per heavy atom. The van der Waals surface area contributed by atoms with Crippen molar-refractivity contribution in [2.24, 2.45) is 0 Å². The summed E-state index contributed by atoms with van der Waals surface area (Å²) in [6, 6.07) is 12.6. The Hall–Kier alpha value is -2.29. The van der Waals surface area contributed by atoms with E-state index < -0.39 is 11.9 Å². The fraction of sp³-hybridized carbons (Fsp3) is 0.188. The van der Waals surface area contributed by atoms with Crippen molar-refractivity contribution in [3.63, 3.8) is 0 Å². The second-order valence-electron chi connectivity index (χ2n) is 4.48. The minimum absolute atomic E-state index is 0.0123. The number of nitriles is 1. The average Bonchev–Trinajstić information content (AvgIpc) is 2.54. The normalized spacial score (nSPS) is 11.5. The smallest absolute Gasteiger partial charge is 0.141 e. The first-order valence-corrected chi connectivity index (χ1v) is 6.96. The van der Waals surface area contributed by atoms with Gasteiger partial charge in [-0.25, -0.2) is 4.39 Å². The second kappa shape index (κ2) is 7.64. The zero-order valence-electron chi connectivity index (χ0n) is 11.6. The van der Waals surface area contributed by atoms with Crippen LogP contribution in [0, 0.1) is 17.1 Å². The molecule has 0 bridgehead atoms. The summed E-state index contributed by atoms with van der Waals surface area (Å²) in [5.41, 5.74) is 1.23. The number of nitrogens with one attached hydrogen (secondary N) is 1. The second-order valence-corrected chi connectivity index (χ2v) is 4.89. The fourth-order valence-electron chi connectivity index (χ4n) is 1.89. The Labute approximate surface area is 132 Å². The summed E-state index contributed by atoms with van der Waals surface area (Å²) >= 11 is 5.73. The number of ether oxygens (including phenoxy) is 1. The number of anilines is 1. The van der Waals surface area contributed by atoms with Gasteiger partial charge < -0.3 is 15.2 Å². The van der Waals surface area contributed by atoms with Gasteiger partial charge in [0.25, 0.3) is 0 Å². The van der Waals surface area contributed by atoms with Gasteiger partial charge in [0.15, 0.2) is 0 Å². The molecule has 2 rings (SSSR count). The SMILES string of the molecule is N#CC(Nc1ccc(F)c(Cl)c1)c1cccc(OCCO)c1. The molecule has 1 unspecified atom stereocenters. The number of halogens is 2. The van der Waals surface area contributed by atoms with E-state index in [1.54, 1.807) is 24.3 Å². The van der Waals surface area contributed by atoms with Crippen LogP contribution in [0.25, 0.3) is 0 Å². The van der Waals surface area contributed by atoms with Gasteiger partial charge in [-0.2, -0.15) is 5.26 Å². The van der Waals surface area contributed by atoms with Gasteiger partial charge in [0.1, 0.15) is 24.2 Å². The molecule has 0 saturated carbocycles. The number of benzene rings is 2. The van der Waals surface area contributed by atoms with E-state index in [0.717, 1.165) is 0 Å². The summed E-state index contributed by atoms with van der Waals surface area (Å²) in [6.45, 7) is 0.0971. The predicted molar refractivity (Wildman–Crippen MR) is 82.4 cm³/mol. The topological polar surface area (TPSA) is 65.3 Å². The van der Waals surface area contributed by atoms with Crippen LogP contribution >= 0.6 is 11.6 Å². The fourth-order valence-corrected chi connectivity index (χ4v) is 2.07. The molecule has 0 aliphatic rings. The van der Waals surface area contributed by atoms with Crippen molar-refractivity contribution in [1.29, 1.82) is 5.26 Å². The highest BCUT2D eigenvalue weighted by molar-refractivity contribution is 6.31. The summed E-state index contributed by atoms with van der Waals surface area (Å²) in [5, 5.41) is 21.1. The van der Waals surface area contributed by atoms with Gasteiger partial charge in [0.2, 0.25) is 0 Å². The number of aliphatic hydroxyl groups is 1. The zero-order valence-corrected chi connectivity index (χ0v) is 12.3. The molecule has 0 aliphatic heterocycles. The first-order valence-electron chi connectivity index (χ1n) is 6.59. The van der Waals surface area contributed by atoms with E-state index in [2.05, 4.69) is 11.4 Å². The summed E-state index contributed by atoms with van der Waals surface area (Å²) in [4.78, 5) is 0. The van der Waals surface area contributed by atoms with Crippen molar-refractivity contribution in [2.45, 2.75) is 6.04 Å². The van der Waals surface area contributed by atoms with Crippen LogP contribution in [0.3, 0.4) is 0 Å². The van der Waals surface area contributed by atoms with Crippen LogP contribution in [0.1, 0.15) is 11.6 Å². The van der Waals surface area contributed by atoms with Gasteiger partial charge in [-0.15, -0.1) is 0 Å². The van der Waals surface area contributed by atoms with Crippen LogP contribution in [0.2, 0.25) is 5.02 Å². The zero-order chi connectivity index (χ0) is 15.9. The monoisotopic (exact) mass is 320 g/mol. The van der Waals surface area contributed by atoms with E-state index in [1.807, 2.05) is 0 Å². The highest BCUT2D eigenvalue weighted by Gasteiger charge is 2.12. The first kappa shape index (κ1) is 16.1. The third-order valence-electron chi connectivity index (χ3n) is 2.91. The van der Waals surface area contributed by atoms with E-state index in [9.17, 15) is 9.65 Å². The van der Waals surface area contributed by atoms with Crippen molar-refractivity contribution >= 4 is 17.3 Å². The lowest BCUT2D eigenvalue weighted by Crippen LogP contribution is -2.09. The Balaban J connectivity index is 2.17. The van der Waals surface area contributed by atoms with Crippen molar-refractivity contribution in [1.82, 2.24) is 0 Å². The molecule has 0 aliphatic carbocycles. The molecule has 1 atom stereocenters. The van der Waals surface area contributed by atoms with Crippen LogP contribution < -0.4 is 10.1 Å². The summed E-state index contributed by atoms with van der Waals surface area (Å²) in [6.07, 6.45) is 0. The largest absolute Gasteiger partial charge is 0.491 e. The maximum Gasteiger partial charge on any atom is 0.141 e. The standard InChI is InChI=1S/C16H14ClFN2O2/c17-14-9-12(4-5-15(14)18)20-16(10-19)11-2-1-3-13(8-11)22-7-6-21/h1-5,8-9,16,20-21H,6-7H2.